The summed E-state index contributed by atoms with van der Waals surface area (Å²) in [6.07, 6.45) is 1.70. The minimum absolute atomic E-state index is 0.0352. The monoisotopic (exact) mass is 395 g/mol. The van der Waals surface area contributed by atoms with E-state index in [1.54, 1.807) is 22.0 Å². The zero-order valence-electron chi connectivity index (χ0n) is 15.6. The Morgan fingerprint density at radius 1 is 1.21 bits per heavy atom. The van der Waals surface area contributed by atoms with Crippen LogP contribution >= 0.6 is 11.3 Å². The second-order valence-corrected chi connectivity index (χ2v) is 7.81. The molecule has 2 aromatic carbocycles. The van der Waals surface area contributed by atoms with Gasteiger partial charge in [0, 0.05) is 25.4 Å². The van der Waals surface area contributed by atoms with Crippen LogP contribution in [0.3, 0.4) is 0 Å². The number of nitrogens with zero attached hydrogens (tertiary/aromatic N) is 2. The highest BCUT2D eigenvalue weighted by atomic mass is 32.1. The number of oxazole rings is 1. The standard InChI is InChI=1S/C21H21N3O3S/c1-2-14(13-24-16-8-4-5-9-17(16)27-21(24)26)22-19(25)11-12-20-23-15-7-3-6-10-18(15)28-20/h3-10,14H,2,11-13H2,1H3,(H,22,25)/t14-/m1/s1. The smallest absolute Gasteiger partial charge is 0.408 e. The lowest BCUT2D eigenvalue weighted by Crippen LogP contribution is -2.39. The molecule has 0 saturated heterocycles. The van der Waals surface area contributed by atoms with Crippen LogP contribution in [0, 0.1) is 0 Å². The molecule has 4 aromatic rings. The number of carbonyl (C=O) groups is 1. The highest BCUT2D eigenvalue weighted by Gasteiger charge is 2.16. The minimum Gasteiger partial charge on any atom is -0.408 e. The first-order chi connectivity index (χ1) is 13.6. The predicted octanol–water partition coefficient (Wildman–Crippen LogP) is 3.73. The van der Waals surface area contributed by atoms with Crippen LogP contribution in [0.1, 0.15) is 24.8 Å². The Morgan fingerprint density at radius 3 is 2.82 bits per heavy atom. The van der Waals surface area contributed by atoms with E-state index in [1.807, 2.05) is 49.4 Å². The lowest BCUT2D eigenvalue weighted by Gasteiger charge is -2.17. The van der Waals surface area contributed by atoms with Gasteiger partial charge in [-0.15, -0.1) is 11.3 Å². The molecule has 0 spiro atoms. The molecule has 0 aliphatic carbocycles. The van der Waals surface area contributed by atoms with Crippen LogP contribution in [-0.4, -0.2) is 21.5 Å². The summed E-state index contributed by atoms with van der Waals surface area (Å²) in [4.78, 5) is 29.2. The van der Waals surface area contributed by atoms with Gasteiger partial charge >= 0.3 is 5.76 Å². The summed E-state index contributed by atoms with van der Waals surface area (Å²) < 4.78 is 7.99. The molecular formula is C21H21N3O3S. The van der Waals surface area contributed by atoms with Gasteiger partial charge in [0.1, 0.15) is 0 Å². The number of aromatic nitrogens is 2. The maximum atomic E-state index is 12.4. The number of para-hydroxylation sites is 3. The number of thiazole rings is 1. The second kappa shape index (κ2) is 7.98. The van der Waals surface area contributed by atoms with Gasteiger partial charge in [-0.2, -0.15) is 0 Å². The zero-order chi connectivity index (χ0) is 19.5. The molecule has 144 valence electrons. The van der Waals surface area contributed by atoms with Crippen molar-refractivity contribution < 1.29 is 9.21 Å². The topological polar surface area (TPSA) is 77.1 Å². The Balaban J connectivity index is 1.39. The van der Waals surface area contributed by atoms with Crippen molar-refractivity contribution in [2.75, 3.05) is 0 Å². The molecule has 6 nitrogen and oxygen atoms in total. The van der Waals surface area contributed by atoms with Crippen LogP contribution in [0.4, 0.5) is 0 Å². The summed E-state index contributed by atoms with van der Waals surface area (Å²) in [5, 5.41) is 4.00. The molecule has 7 heteroatoms. The molecule has 1 amide bonds. The summed E-state index contributed by atoms with van der Waals surface area (Å²) >= 11 is 1.62. The molecule has 1 atom stereocenters. The van der Waals surface area contributed by atoms with E-state index in [1.165, 1.54) is 0 Å². The number of aryl methyl sites for hydroxylation is 1. The second-order valence-electron chi connectivity index (χ2n) is 6.69. The van der Waals surface area contributed by atoms with Gasteiger partial charge in [-0.25, -0.2) is 9.78 Å². The van der Waals surface area contributed by atoms with Crippen molar-refractivity contribution in [1.29, 1.82) is 0 Å². The molecule has 4 rings (SSSR count). The van der Waals surface area contributed by atoms with E-state index in [0.717, 1.165) is 27.2 Å². The third-order valence-electron chi connectivity index (χ3n) is 4.74. The van der Waals surface area contributed by atoms with E-state index < -0.39 is 5.76 Å². The molecule has 1 N–H and O–H groups in total. The van der Waals surface area contributed by atoms with Gasteiger partial charge in [-0.05, 0) is 30.7 Å². The third-order valence-corrected chi connectivity index (χ3v) is 5.83. The van der Waals surface area contributed by atoms with Crippen molar-refractivity contribution in [2.45, 2.75) is 38.8 Å². The van der Waals surface area contributed by atoms with Gasteiger partial charge in [0.2, 0.25) is 5.91 Å². The first-order valence-corrected chi connectivity index (χ1v) is 10.2. The molecule has 0 radical (unpaired) electrons. The number of benzene rings is 2. The largest absolute Gasteiger partial charge is 0.420 e. The number of hydrogen-bond donors (Lipinski definition) is 1. The van der Waals surface area contributed by atoms with Gasteiger partial charge < -0.3 is 9.73 Å². The van der Waals surface area contributed by atoms with Crippen molar-refractivity contribution in [3.05, 3.63) is 64.1 Å². The van der Waals surface area contributed by atoms with Crippen molar-refractivity contribution in [3.63, 3.8) is 0 Å². The number of nitrogens with one attached hydrogen (secondary N) is 1. The number of fused-ring (bicyclic) bond motifs is 2. The third kappa shape index (κ3) is 3.84. The SMILES string of the molecule is CC[C@H](Cn1c(=O)oc2ccccc21)NC(=O)CCc1nc2ccccc2s1. The quantitative estimate of drug-likeness (QED) is 0.517. The molecule has 2 aromatic heterocycles. The Labute approximate surface area is 165 Å². The summed E-state index contributed by atoms with van der Waals surface area (Å²) in [5.41, 5.74) is 2.28. The molecule has 0 aliphatic rings. The molecule has 0 fully saturated rings. The Hall–Kier alpha value is -2.93. The van der Waals surface area contributed by atoms with Gasteiger partial charge in [-0.1, -0.05) is 31.2 Å². The van der Waals surface area contributed by atoms with Gasteiger partial charge in [0.05, 0.1) is 20.7 Å². The Morgan fingerprint density at radius 2 is 2.00 bits per heavy atom. The summed E-state index contributed by atoms with van der Waals surface area (Å²) in [6, 6.07) is 15.2. The fourth-order valence-corrected chi connectivity index (χ4v) is 4.20. The molecular weight excluding hydrogens is 374 g/mol. The van der Waals surface area contributed by atoms with Crippen molar-refractivity contribution in [3.8, 4) is 0 Å². The number of rotatable bonds is 7. The average molecular weight is 395 g/mol. The van der Waals surface area contributed by atoms with Crippen LogP contribution in [-0.2, 0) is 17.8 Å². The maximum Gasteiger partial charge on any atom is 0.420 e. The molecule has 28 heavy (non-hydrogen) atoms. The number of hydrogen-bond acceptors (Lipinski definition) is 5. The van der Waals surface area contributed by atoms with Gasteiger partial charge in [-0.3, -0.25) is 9.36 Å². The van der Waals surface area contributed by atoms with Crippen molar-refractivity contribution in [1.82, 2.24) is 14.9 Å². The van der Waals surface area contributed by atoms with E-state index in [4.69, 9.17) is 4.42 Å². The van der Waals surface area contributed by atoms with E-state index in [0.29, 0.717) is 25.0 Å². The van der Waals surface area contributed by atoms with Gasteiger partial charge in [0.15, 0.2) is 5.58 Å². The first-order valence-electron chi connectivity index (χ1n) is 9.36. The van der Waals surface area contributed by atoms with Crippen LogP contribution < -0.4 is 11.1 Å². The van der Waals surface area contributed by atoms with Crippen molar-refractivity contribution >= 4 is 38.6 Å². The summed E-state index contributed by atoms with van der Waals surface area (Å²) in [7, 11) is 0. The minimum atomic E-state index is -0.400. The molecule has 0 aliphatic heterocycles. The van der Waals surface area contributed by atoms with E-state index >= 15 is 0 Å². The van der Waals surface area contributed by atoms with E-state index in [-0.39, 0.29) is 11.9 Å². The lowest BCUT2D eigenvalue weighted by molar-refractivity contribution is -0.121. The van der Waals surface area contributed by atoms with Crippen LogP contribution in [0.15, 0.2) is 57.7 Å². The van der Waals surface area contributed by atoms with Crippen molar-refractivity contribution in [2.24, 2.45) is 0 Å². The van der Waals surface area contributed by atoms with Gasteiger partial charge in [0.25, 0.3) is 0 Å². The predicted molar refractivity (Wildman–Crippen MR) is 111 cm³/mol. The number of carbonyl (C=O) groups excluding carboxylic acids is 1. The maximum absolute atomic E-state index is 12.4. The molecule has 0 bridgehead atoms. The number of amides is 1. The van der Waals surface area contributed by atoms with E-state index in [2.05, 4.69) is 10.3 Å². The zero-order valence-corrected chi connectivity index (χ0v) is 16.4. The Kier molecular flexibility index (Phi) is 5.25. The van der Waals surface area contributed by atoms with E-state index in [9.17, 15) is 9.59 Å². The fraction of sp³-hybridized carbons (Fsp3) is 0.286. The molecule has 0 saturated carbocycles. The lowest BCUT2D eigenvalue weighted by atomic mass is 10.2. The summed E-state index contributed by atoms with van der Waals surface area (Å²) in [6.45, 7) is 2.38. The average Bonchev–Trinajstić information content (AvgIpc) is 3.26. The van der Waals surface area contributed by atoms with Crippen LogP contribution in [0.2, 0.25) is 0 Å². The van der Waals surface area contributed by atoms with Crippen LogP contribution in [0.5, 0.6) is 0 Å². The normalized spacial score (nSPS) is 12.5. The fourth-order valence-electron chi connectivity index (χ4n) is 3.23. The molecule has 2 heterocycles. The highest BCUT2D eigenvalue weighted by Crippen LogP contribution is 2.22. The first kappa shape index (κ1) is 18.4. The Bertz CT molecular complexity index is 1140. The molecule has 0 unspecified atom stereocenters. The highest BCUT2D eigenvalue weighted by molar-refractivity contribution is 7.18. The summed E-state index contributed by atoms with van der Waals surface area (Å²) in [5.74, 6) is -0.435. The van der Waals surface area contributed by atoms with Crippen LogP contribution in [0.25, 0.3) is 21.3 Å².